The third-order valence-electron chi connectivity index (χ3n) is 3.38. The zero-order valence-electron chi connectivity index (χ0n) is 11.8. The van der Waals surface area contributed by atoms with Gasteiger partial charge >= 0.3 is 0 Å². The summed E-state index contributed by atoms with van der Waals surface area (Å²) >= 11 is 0. The average molecular weight is 278 g/mol. The molecule has 0 unspecified atom stereocenters. The molecule has 0 aliphatic rings. The number of nitrogens with zero attached hydrogens (tertiary/aromatic N) is 2. The van der Waals surface area contributed by atoms with Crippen LogP contribution in [0.15, 0.2) is 54.6 Å². The van der Waals surface area contributed by atoms with Gasteiger partial charge in [-0.2, -0.15) is 0 Å². The number of hydrogen-bond donors (Lipinski definition) is 2. The van der Waals surface area contributed by atoms with Crippen molar-refractivity contribution in [1.29, 1.82) is 0 Å². The van der Waals surface area contributed by atoms with E-state index in [0.29, 0.717) is 12.4 Å². The average Bonchev–Trinajstić information content (AvgIpc) is 2.55. The zero-order valence-corrected chi connectivity index (χ0v) is 11.8. The van der Waals surface area contributed by atoms with Crippen molar-refractivity contribution >= 4 is 16.7 Å². The van der Waals surface area contributed by atoms with E-state index in [-0.39, 0.29) is 0 Å². The van der Waals surface area contributed by atoms with E-state index < -0.39 is 0 Å². The van der Waals surface area contributed by atoms with Gasteiger partial charge in [-0.3, -0.25) is 0 Å². The molecule has 0 aliphatic heterocycles. The highest BCUT2D eigenvalue weighted by Crippen LogP contribution is 2.19. The SMILES string of the molecule is NCc1nc(NCCc2ccccc2)c2ccccc2n1. The number of fused-ring (bicyclic) bond motifs is 1. The van der Waals surface area contributed by atoms with Crippen LogP contribution in [0.1, 0.15) is 11.4 Å². The minimum Gasteiger partial charge on any atom is -0.369 e. The number of anilines is 1. The normalized spacial score (nSPS) is 10.7. The molecule has 106 valence electrons. The van der Waals surface area contributed by atoms with E-state index in [1.807, 2.05) is 30.3 Å². The van der Waals surface area contributed by atoms with E-state index in [4.69, 9.17) is 5.73 Å². The summed E-state index contributed by atoms with van der Waals surface area (Å²) in [5.41, 5.74) is 7.91. The van der Waals surface area contributed by atoms with Crippen LogP contribution in [0.2, 0.25) is 0 Å². The highest BCUT2D eigenvalue weighted by atomic mass is 15.0. The molecule has 4 nitrogen and oxygen atoms in total. The van der Waals surface area contributed by atoms with Crippen molar-refractivity contribution in [1.82, 2.24) is 9.97 Å². The van der Waals surface area contributed by atoms with E-state index >= 15 is 0 Å². The summed E-state index contributed by atoms with van der Waals surface area (Å²) in [6.07, 6.45) is 0.955. The van der Waals surface area contributed by atoms with Crippen LogP contribution < -0.4 is 11.1 Å². The van der Waals surface area contributed by atoms with Crippen LogP contribution in [0, 0.1) is 0 Å². The molecule has 4 heteroatoms. The van der Waals surface area contributed by atoms with Crippen LogP contribution in [0.3, 0.4) is 0 Å². The van der Waals surface area contributed by atoms with Gasteiger partial charge in [0.1, 0.15) is 11.6 Å². The maximum Gasteiger partial charge on any atom is 0.144 e. The molecule has 0 aliphatic carbocycles. The summed E-state index contributed by atoms with van der Waals surface area (Å²) < 4.78 is 0. The Labute approximate surface area is 124 Å². The monoisotopic (exact) mass is 278 g/mol. The van der Waals surface area contributed by atoms with Crippen LogP contribution in [-0.2, 0) is 13.0 Å². The van der Waals surface area contributed by atoms with Crippen molar-refractivity contribution in [2.45, 2.75) is 13.0 Å². The molecule has 0 amide bonds. The smallest absolute Gasteiger partial charge is 0.144 e. The lowest BCUT2D eigenvalue weighted by Crippen LogP contribution is -2.10. The standard InChI is InChI=1S/C17H18N4/c18-12-16-20-15-9-5-4-8-14(15)17(21-16)19-11-10-13-6-2-1-3-7-13/h1-9H,10-12,18H2,(H,19,20,21). The fourth-order valence-corrected chi connectivity index (χ4v) is 2.32. The van der Waals surface area contributed by atoms with Crippen molar-refractivity contribution in [2.24, 2.45) is 5.73 Å². The van der Waals surface area contributed by atoms with E-state index in [1.165, 1.54) is 5.56 Å². The van der Waals surface area contributed by atoms with Crippen LogP contribution in [0.4, 0.5) is 5.82 Å². The molecule has 1 heterocycles. The summed E-state index contributed by atoms with van der Waals surface area (Å²) in [6.45, 7) is 1.17. The van der Waals surface area contributed by atoms with E-state index in [0.717, 1.165) is 29.7 Å². The lowest BCUT2D eigenvalue weighted by Gasteiger charge is -2.10. The van der Waals surface area contributed by atoms with E-state index in [1.54, 1.807) is 0 Å². The molecule has 0 radical (unpaired) electrons. The van der Waals surface area contributed by atoms with E-state index in [2.05, 4.69) is 39.6 Å². The van der Waals surface area contributed by atoms with Crippen molar-refractivity contribution < 1.29 is 0 Å². The number of para-hydroxylation sites is 1. The Balaban J connectivity index is 1.79. The van der Waals surface area contributed by atoms with Gasteiger partial charge in [0, 0.05) is 11.9 Å². The Hall–Kier alpha value is -2.46. The molecule has 0 spiro atoms. The van der Waals surface area contributed by atoms with Crippen molar-refractivity contribution in [3.8, 4) is 0 Å². The number of nitrogens with two attached hydrogens (primary N) is 1. The fraction of sp³-hybridized carbons (Fsp3) is 0.176. The summed E-state index contributed by atoms with van der Waals surface area (Å²) in [6, 6.07) is 18.4. The Morgan fingerprint density at radius 3 is 2.48 bits per heavy atom. The number of hydrogen-bond acceptors (Lipinski definition) is 4. The topological polar surface area (TPSA) is 63.8 Å². The van der Waals surface area contributed by atoms with Crippen LogP contribution in [0.25, 0.3) is 10.9 Å². The zero-order chi connectivity index (χ0) is 14.5. The molecular weight excluding hydrogens is 260 g/mol. The number of aromatic nitrogens is 2. The molecule has 0 fully saturated rings. The Morgan fingerprint density at radius 1 is 0.905 bits per heavy atom. The Bertz CT molecular complexity index is 725. The molecule has 3 N–H and O–H groups in total. The predicted octanol–water partition coefficient (Wildman–Crippen LogP) is 2.74. The molecule has 2 aromatic carbocycles. The van der Waals surface area contributed by atoms with Crippen LogP contribution in [-0.4, -0.2) is 16.5 Å². The highest BCUT2D eigenvalue weighted by molar-refractivity contribution is 5.88. The maximum absolute atomic E-state index is 5.68. The highest BCUT2D eigenvalue weighted by Gasteiger charge is 2.06. The molecule has 0 saturated carbocycles. The number of nitrogens with one attached hydrogen (secondary N) is 1. The molecule has 3 aromatic rings. The van der Waals surface area contributed by atoms with Gasteiger partial charge in [-0.1, -0.05) is 42.5 Å². The molecule has 21 heavy (non-hydrogen) atoms. The van der Waals surface area contributed by atoms with Gasteiger partial charge in [-0.15, -0.1) is 0 Å². The van der Waals surface area contributed by atoms with Crippen LogP contribution in [0.5, 0.6) is 0 Å². The molecule has 0 atom stereocenters. The molecule has 1 aromatic heterocycles. The second kappa shape index (κ2) is 6.33. The van der Waals surface area contributed by atoms with Gasteiger partial charge in [0.15, 0.2) is 0 Å². The van der Waals surface area contributed by atoms with Crippen molar-refractivity contribution in [2.75, 3.05) is 11.9 Å². The second-order valence-corrected chi connectivity index (χ2v) is 4.87. The first-order chi connectivity index (χ1) is 10.4. The predicted molar refractivity (Wildman–Crippen MR) is 86.1 cm³/mol. The van der Waals surface area contributed by atoms with Gasteiger partial charge in [-0.25, -0.2) is 9.97 Å². The van der Waals surface area contributed by atoms with Crippen molar-refractivity contribution in [3.05, 3.63) is 66.0 Å². The van der Waals surface area contributed by atoms with Gasteiger partial charge in [0.25, 0.3) is 0 Å². The van der Waals surface area contributed by atoms with Gasteiger partial charge < -0.3 is 11.1 Å². The second-order valence-electron chi connectivity index (χ2n) is 4.87. The number of benzene rings is 2. The Morgan fingerprint density at radius 2 is 1.67 bits per heavy atom. The van der Waals surface area contributed by atoms with Gasteiger partial charge in [-0.05, 0) is 24.1 Å². The molecular formula is C17H18N4. The quantitative estimate of drug-likeness (QED) is 0.753. The first-order valence-corrected chi connectivity index (χ1v) is 7.10. The van der Waals surface area contributed by atoms with Gasteiger partial charge in [0.2, 0.25) is 0 Å². The molecule has 0 bridgehead atoms. The minimum atomic E-state index is 0.345. The van der Waals surface area contributed by atoms with Crippen molar-refractivity contribution in [3.63, 3.8) is 0 Å². The first-order valence-electron chi connectivity index (χ1n) is 7.10. The lowest BCUT2D eigenvalue weighted by molar-refractivity contribution is 0.917. The minimum absolute atomic E-state index is 0.345. The fourth-order valence-electron chi connectivity index (χ4n) is 2.32. The first kappa shape index (κ1) is 13.5. The number of rotatable bonds is 5. The summed E-state index contributed by atoms with van der Waals surface area (Å²) in [5, 5.41) is 4.43. The van der Waals surface area contributed by atoms with Crippen LogP contribution >= 0.6 is 0 Å². The summed E-state index contributed by atoms with van der Waals surface area (Å²) in [5.74, 6) is 1.52. The summed E-state index contributed by atoms with van der Waals surface area (Å²) in [7, 11) is 0. The Kier molecular flexibility index (Phi) is 4.07. The third-order valence-corrected chi connectivity index (χ3v) is 3.38. The lowest BCUT2D eigenvalue weighted by atomic mass is 10.1. The largest absolute Gasteiger partial charge is 0.369 e. The maximum atomic E-state index is 5.68. The molecule has 0 saturated heterocycles. The van der Waals surface area contributed by atoms with E-state index in [9.17, 15) is 0 Å². The molecule has 3 rings (SSSR count). The third kappa shape index (κ3) is 3.17. The summed E-state index contributed by atoms with van der Waals surface area (Å²) in [4.78, 5) is 8.95. The van der Waals surface area contributed by atoms with Gasteiger partial charge in [0.05, 0.1) is 12.1 Å².